The van der Waals surface area contributed by atoms with Gasteiger partial charge < -0.3 is 14.4 Å². The Labute approximate surface area is 146 Å². The highest BCUT2D eigenvalue weighted by Gasteiger charge is 2.29. The number of hydrogen-bond acceptors (Lipinski definition) is 4. The Balaban J connectivity index is 1.51. The number of hydrogen-bond donors (Lipinski definition) is 0. The Hall–Kier alpha value is -1.10. The highest BCUT2D eigenvalue weighted by molar-refractivity contribution is 5.28. The topological polar surface area (TPSA) is 24.9 Å². The molecule has 1 unspecified atom stereocenters. The molecule has 2 aliphatic heterocycles. The SMILES string of the molecule is CCCN1CCC(N2CCOC(Cc3cccc(OC)c3)C2)CC1. The molecular formula is C20H32N2O2. The standard InChI is InChI=1S/C20H32N2O2/c1-3-9-21-10-7-18(8-11-21)22-12-13-24-20(16-22)15-17-5-4-6-19(14-17)23-2/h4-6,14,18,20H,3,7-13,15-16H2,1-2H3. The molecule has 0 bridgehead atoms. The third-order valence-electron chi connectivity index (χ3n) is 5.38. The lowest BCUT2D eigenvalue weighted by molar-refractivity contribution is -0.0511. The van der Waals surface area contributed by atoms with Gasteiger partial charge in [-0.25, -0.2) is 0 Å². The van der Waals surface area contributed by atoms with Crippen molar-refractivity contribution >= 4 is 0 Å². The number of methoxy groups -OCH3 is 1. The number of nitrogens with zero attached hydrogens (tertiary/aromatic N) is 2. The Morgan fingerprint density at radius 3 is 2.79 bits per heavy atom. The van der Waals surface area contributed by atoms with Crippen LogP contribution in [0.5, 0.6) is 5.75 Å². The summed E-state index contributed by atoms with van der Waals surface area (Å²) in [7, 11) is 1.73. The van der Waals surface area contributed by atoms with E-state index in [0.29, 0.717) is 6.10 Å². The molecule has 1 aromatic carbocycles. The molecule has 2 fully saturated rings. The second kappa shape index (κ2) is 8.84. The van der Waals surface area contributed by atoms with Gasteiger partial charge in [0.2, 0.25) is 0 Å². The van der Waals surface area contributed by atoms with Crippen molar-refractivity contribution in [2.75, 3.05) is 46.4 Å². The first-order valence-electron chi connectivity index (χ1n) is 9.49. The summed E-state index contributed by atoms with van der Waals surface area (Å²) in [6.07, 6.45) is 5.17. The van der Waals surface area contributed by atoms with Crippen LogP contribution in [0.25, 0.3) is 0 Å². The Bertz CT molecular complexity index is 500. The molecule has 1 atom stereocenters. The van der Waals surface area contributed by atoms with Crippen LogP contribution in [0.3, 0.4) is 0 Å². The van der Waals surface area contributed by atoms with E-state index in [1.54, 1.807) is 7.11 Å². The van der Waals surface area contributed by atoms with Crippen molar-refractivity contribution in [3.05, 3.63) is 29.8 Å². The van der Waals surface area contributed by atoms with Crippen LogP contribution in [0.1, 0.15) is 31.7 Å². The maximum atomic E-state index is 6.04. The molecular weight excluding hydrogens is 300 g/mol. The predicted octanol–water partition coefficient (Wildman–Crippen LogP) is 2.81. The van der Waals surface area contributed by atoms with E-state index in [-0.39, 0.29) is 0 Å². The van der Waals surface area contributed by atoms with E-state index < -0.39 is 0 Å². The van der Waals surface area contributed by atoms with Gasteiger partial charge in [-0.3, -0.25) is 4.90 Å². The van der Waals surface area contributed by atoms with Gasteiger partial charge in [-0.05, 0) is 56.6 Å². The zero-order chi connectivity index (χ0) is 16.8. The van der Waals surface area contributed by atoms with Gasteiger partial charge in [-0.2, -0.15) is 0 Å². The second-order valence-corrected chi connectivity index (χ2v) is 7.12. The highest BCUT2D eigenvalue weighted by Crippen LogP contribution is 2.22. The first-order valence-corrected chi connectivity index (χ1v) is 9.49. The van der Waals surface area contributed by atoms with Crippen LogP contribution >= 0.6 is 0 Å². The predicted molar refractivity (Wildman–Crippen MR) is 97.8 cm³/mol. The number of piperidine rings is 1. The zero-order valence-corrected chi connectivity index (χ0v) is 15.2. The summed E-state index contributed by atoms with van der Waals surface area (Å²) in [6.45, 7) is 9.07. The van der Waals surface area contributed by atoms with E-state index in [9.17, 15) is 0 Å². The minimum atomic E-state index is 0.305. The fourth-order valence-corrected chi connectivity index (χ4v) is 4.08. The van der Waals surface area contributed by atoms with E-state index in [1.165, 1.54) is 44.5 Å². The number of rotatable bonds is 6. The summed E-state index contributed by atoms with van der Waals surface area (Å²) in [5.41, 5.74) is 1.30. The number of benzene rings is 1. The zero-order valence-electron chi connectivity index (χ0n) is 15.2. The average Bonchev–Trinajstić information content (AvgIpc) is 2.63. The Kier molecular flexibility index (Phi) is 6.52. The number of ether oxygens (including phenoxy) is 2. The van der Waals surface area contributed by atoms with Crippen molar-refractivity contribution in [2.24, 2.45) is 0 Å². The molecule has 0 radical (unpaired) electrons. The monoisotopic (exact) mass is 332 g/mol. The van der Waals surface area contributed by atoms with Crippen molar-refractivity contribution in [2.45, 2.75) is 44.8 Å². The molecule has 134 valence electrons. The molecule has 0 N–H and O–H groups in total. The van der Waals surface area contributed by atoms with Crippen molar-refractivity contribution in [3.8, 4) is 5.75 Å². The van der Waals surface area contributed by atoms with Gasteiger partial charge in [0, 0.05) is 25.6 Å². The van der Waals surface area contributed by atoms with Crippen LogP contribution in [0.4, 0.5) is 0 Å². The van der Waals surface area contributed by atoms with E-state index >= 15 is 0 Å². The van der Waals surface area contributed by atoms with E-state index in [4.69, 9.17) is 9.47 Å². The van der Waals surface area contributed by atoms with Gasteiger partial charge in [0.05, 0.1) is 19.8 Å². The third-order valence-corrected chi connectivity index (χ3v) is 5.38. The summed E-state index contributed by atoms with van der Waals surface area (Å²) in [5, 5.41) is 0. The van der Waals surface area contributed by atoms with Gasteiger partial charge in [-0.15, -0.1) is 0 Å². The van der Waals surface area contributed by atoms with E-state index in [1.807, 2.05) is 6.07 Å². The van der Waals surface area contributed by atoms with Crippen molar-refractivity contribution in [3.63, 3.8) is 0 Å². The summed E-state index contributed by atoms with van der Waals surface area (Å²) in [5.74, 6) is 0.934. The molecule has 24 heavy (non-hydrogen) atoms. The lowest BCUT2D eigenvalue weighted by atomic mass is 10.00. The minimum absolute atomic E-state index is 0.305. The summed E-state index contributed by atoms with van der Waals surface area (Å²) < 4.78 is 11.4. The molecule has 2 heterocycles. The largest absolute Gasteiger partial charge is 0.497 e. The molecule has 3 rings (SSSR count). The lowest BCUT2D eigenvalue weighted by Gasteiger charge is -2.42. The van der Waals surface area contributed by atoms with Crippen LogP contribution in [-0.2, 0) is 11.2 Å². The van der Waals surface area contributed by atoms with Crippen LogP contribution in [0.15, 0.2) is 24.3 Å². The molecule has 4 heteroatoms. The van der Waals surface area contributed by atoms with E-state index in [0.717, 1.165) is 37.9 Å². The van der Waals surface area contributed by atoms with Crippen molar-refractivity contribution < 1.29 is 9.47 Å². The second-order valence-electron chi connectivity index (χ2n) is 7.12. The first kappa shape index (κ1) is 17.7. The Morgan fingerprint density at radius 2 is 2.04 bits per heavy atom. The normalized spacial score (nSPS) is 24.2. The first-order chi connectivity index (χ1) is 11.8. The lowest BCUT2D eigenvalue weighted by Crippen LogP contribution is -2.52. The number of morpholine rings is 1. The molecule has 0 spiro atoms. The smallest absolute Gasteiger partial charge is 0.119 e. The van der Waals surface area contributed by atoms with Crippen LogP contribution in [0.2, 0.25) is 0 Å². The number of likely N-dealkylation sites (tertiary alicyclic amines) is 1. The molecule has 0 aliphatic carbocycles. The average molecular weight is 332 g/mol. The summed E-state index contributed by atoms with van der Waals surface area (Å²) in [4.78, 5) is 5.29. The fraction of sp³-hybridized carbons (Fsp3) is 0.700. The van der Waals surface area contributed by atoms with Gasteiger partial charge >= 0.3 is 0 Å². The quantitative estimate of drug-likeness (QED) is 0.800. The molecule has 0 amide bonds. The summed E-state index contributed by atoms with van der Waals surface area (Å²) >= 11 is 0. The van der Waals surface area contributed by atoms with Gasteiger partial charge in [0.1, 0.15) is 5.75 Å². The molecule has 0 aromatic heterocycles. The Morgan fingerprint density at radius 1 is 1.21 bits per heavy atom. The molecule has 1 aromatic rings. The molecule has 4 nitrogen and oxygen atoms in total. The molecule has 2 saturated heterocycles. The highest BCUT2D eigenvalue weighted by atomic mass is 16.5. The van der Waals surface area contributed by atoms with Gasteiger partial charge in [0.15, 0.2) is 0 Å². The van der Waals surface area contributed by atoms with Crippen LogP contribution < -0.4 is 4.74 Å². The molecule has 2 aliphatic rings. The summed E-state index contributed by atoms with van der Waals surface area (Å²) in [6, 6.07) is 9.12. The maximum absolute atomic E-state index is 6.04. The minimum Gasteiger partial charge on any atom is -0.497 e. The van der Waals surface area contributed by atoms with Crippen LogP contribution in [-0.4, -0.2) is 68.4 Å². The fourth-order valence-electron chi connectivity index (χ4n) is 4.08. The van der Waals surface area contributed by atoms with E-state index in [2.05, 4.69) is 34.9 Å². The van der Waals surface area contributed by atoms with Crippen molar-refractivity contribution in [1.29, 1.82) is 0 Å². The third kappa shape index (κ3) is 4.71. The van der Waals surface area contributed by atoms with Gasteiger partial charge in [0.25, 0.3) is 0 Å². The van der Waals surface area contributed by atoms with Gasteiger partial charge in [-0.1, -0.05) is 19.1 Å². The molecule has 0 saturated carbocycles. The van der Waals surface area contributed by atoms with Crippen LogP contribution in [0, 0.1) is 0 Å². The van der Waals surface area contributed by atoms with Crippen molar-refractivity contribution in [1.82, 2.24) is 9.80 Å². The maximum Gasteiger partial charge on any atom is 0.119 e.